The van der Waals surface area contributed by atoms with Crippen molar-refractivity contribution in [2.45, 2.75) is 0 Å². The standard InChI is InChI=1S/C37H23ClN4O3/c38-29-14-16-30(17-15-29)40-36(43)28(23-39)21-24-11-18-31(19-12-24)45-37(44)27-13-20-32-33(22-27)42-35(26-9-5-2-6-10-26)34(41-32)25-7-3-1-4-8-25/h1-22H,(H,40,43)/b28-21+. The van der Waals surface area contributed by atoms with Crippen LogP contribution >= 0.6 is 11.6 Å². The predicted molar refractivity (Wildman–Crippen MR) is 175 cm³/mol. The molecule has 216 valence electrons. The van der Waals surface area contributed by atoms with E-state index in [9.17, 15) is 14.9 Å². The van der Waals surface area contributed by atoms with Gasteiger partial charge in [0.15, 0.2) is 0 Å². The summed E-state index contributed by atoms with van der Waals surface area (Å²) in [6.07, 6.45) is 1.45. The number of anilines is 1. The Hall–Kier alpha value is -6.10. The predicted octanol–water partition coefficient (Wildman–Crippen LogP) is 8.38. The fraction of sp³-hybridized carbons (Fsp3) is 0. The molecule has 1 aromatic heterocycles. The minimum Gasteiger partial charge on any atom is -0.423 e. The summed E-state index contributed by atoms with van der Waals surface area (Å²) in [5, 5.41) is 12.7. The van der Waals surface area contributed by atoms with E-state index in [2.05, 4.69) is 5.32 Å². The summed E-state index contributed by atoms with van der Waals surface area (Å²) in [7, 11) is 0. The Balaban J connectivity index is 1.21. The summed E-state index contributed by atoms with van der Waals surface area (Å²) in [5.41, 5.74) is 5.85. The molecule has 6 rings (SSSR count). The van der Waals surface area contributed by atoms with Gasteiger partial charge in [-0.25, -0.2) is 14.8 Å². The van der Waals surface area contributed by atoms with Crippen LogP contribution in [0.1, 0.15) is 15.9 Å². The molecule has 0 bridgehead atoms. The van der Waals surface area contributed by atoms with Gasteiger partial charge in [0.25, 0.3) is 5.91 Å². The topological polar surface area (TPSA) is 105 Å². The number of nitriles is 1. The molecule has 0 atom stereocenters. The molecule has 1 amide bonds. The molecule has 7 nitrogen and oxygen atoms in total. The van der Waals surface area contributed by atoms with E-state index in [1.54, 1.807) is 66.7 Å². The van der Waals surface area contributed by atoms with Crippen molar-refractivity contribution in [2.24, 2.45) is 0 Å². The van der Waals surface area contributed by atoms with Crippen molar-refractivity contribution in [1.82, 2.24) is 9.97 Å². The number of ether oxygens (including phenoxy) is 1. The number of hydrogen-bond acceptors (Lipinski definition) is 6. The fourth-order valence-corrected chi connectivity index (χ4v) is 4.75. The normalized spacial score (nSPS) is 11.1. The number of carbonyl (C=O) groups excluding carboxylic acids is 2. The zero-order chi connectivity index (χ0) is 31.2. The highest BCUT2D eigenvalue weighted by Crippen LogP contribution is 2.31. The van der Waals surface area contributed by atoms with Crippen LogP contribution in [0.3, 0.4) is 0 Å². The third kappa shape index (κ3) is 6.78. The van der Waals surface area contributed by atoms with E-state index in [-0.39, 0.29) is 5.57 Å². The van der Waals surface area contributed by atoms with Gasteiger partial charge in [0, 0.05) is 21.8 Å². The molecular weight excluding hydrogens is 584 g/mol. The van der Waals surface area contributed by atoms with E-state index in [4.69, 9.17) is 26.3 Å². The molecule has 0 spiro atoms. The maximum absolute atomic E-state index is 13.1. The third-order valence-electron chi connectivity index (χ3n) is 6.86. The number of halogens is 1. The van der Waals surface area contributed by atoms with E-state index in [1.165, 1.54) is 6.08 Å². The van der Waals surface area contributed by atoms with Crippen LogP contribution in [0.5, 0.6) is 5.75 Å². The van der Waals surface area contributed by atoms with Gasteiger partial charge in [0.1, 0.15) is 17.4 Å². The van der Waals surface area contributed by atoms with Crippen molar-refractivity contribution >= 4 is 46.3 Å². The molecular formula is C37H23ClN4O3. The number of nitrogens with one attached hydrogen (secondary N) is 1. The van der Waals surface area contributed by atoms with Crippen LogP contribution in [0.15, 0.2) is 133 Å². The lowest BCUT2D eigenvalue weighted by molar-refractivity contribution is -0.112. The third-order valence-corrected chi connectivity index (χ3v) is 7.12. The first-order valence-electron chi connectivity index (χ1n) is 13.9. The van der Waals surface area contributed by atoms with Gasteiger partial charge in [0.2, 0.25) is 0 Å². The van der Waals surface area contributed by atoms with Crippen molar-refractivity contribution < 1.29 is 14.3 Å². The van der Waals surface area contributed by atoms with Crippen LogP contribution in [-0.4, -0.2) is 21.8 Å². The number of fused-ring (bicyclic) bond motifs is 1. The number of rotatable bonds is 7. The molecule has 0 saturated carbocycles. The van der Waals surface area contributed by atoms with E-state index in [0.717, 1.165) is 16.8 Å². The summed E-state index contributed by atoms with van der Waals surface area (Å²) in [6.45, 7) is 0. The average molecular weight is 607 g/mol. The highest BCUT2D eigenvalue weighted by Gasteiger charge is 2.16. The van der Waals surface area contributed by atoms with E-state index in [0.29, 0.717) is 44.3 Å². The van der Waals surface area contributed by atoms with Crippen LogP contribution in [-0.2, 0) is 4.79 Å². The smallest absolute Gasteiger partial charge is 0.343 e. The Morgan fingerprint density at radius 1 is 0.733 bits per heavy atom. The molecule has 0 unspecified atom stereocenters. The highest BCUT2D eigenvalue weighted by atomic mass is 35.5. The van der Waals surface area contributed by atoms with E-state index >= 15 is 0 Å². The maximum atomic E-state index is 13.1. The number of carbonyl (C=O) groups is 2. The van der Waals surface area contributed by atoms with Crippen molar-refractivity contribution in [3.05, 3.63) is 149 Å². The molecule has 0 aliphatic rings. The van der Waals surface area contributed by atoms with Crippen molar-refractivity contribution in [3.8, 4) is 34.3 Å². The Kier molecular flexibility index (Phi) is 8.40. The van der Waals surface area contributed by atoms with Crippen LogP contribution in [0.25, 0.3) is 39.6 Å². The minimum absolute atomic E-state index is 0.0859. The van der Waals surface area contributed by atoms with Crippen molar-refractivity contribution in [2.75, 3.05) is 5.32 Å². The average Bonchev–Trinajstić information content (AvgIpc) is 3.08. The molecule has 6 aromatic rings. The van der Waals surface area contributed by atoms with Crippen LogP contribution in [0.2, 0.25) is 5.02 Å². The number of esters is 1. The molecule has 1 heterocycles. The second kappa shape index (κ2) is 13.0. The summed E-state index contributed by atoms with van der Waals surface area (Å²) >= 11 is 5.89. The second-order valence-electron chi connectivity index (χ2n) is 9.95. The lowest BCUT2D eigenvalue weighted by Gasteiger charge is -2.11. The zero-order valence-corrected chi connectivity index (χ0v) is 24.4. The molecule has 0 aliphatic heterocycles. The first-order valence-corrected chi connectivity index (χ1v) is 14.3. The Bertz CT molecular complexity index is 2090. The number of benzene rings is 5. The SMILES string of the molecule is N#C/C(=C\c1ccc(OC(=O)c2ccc3nc(-c4ccccc4)c(-c4ccccc4)nc3c2)cc1)C(=O)Nc1ccc(Cl)cc1. The summed E-state index contributed by atoms with van der Waals surface area (Å²) in [6, 6.07) is 39.7. The van der Waals surface area contributed by atoms with E-state index < -0.39 is 11.9 Å². The largest absolute Gasteiger partial charge is 0.423 e. The van der Waals surface area contributed by atoms with E-state index in [1.807, 2.05) is 66.7 Å². The summed E-state index contributed by atoms with van der Waals surface area (Å²) in [4.78, 5) is 35.5. The lowest BCUT2D eigenvalue weighted by Crippen LogP contribution is -2.13. The molecule has 0 radical (unpaired) electrons. The van der Waals surface area contributed by atoms with Crippen LogP contribution in [0.4, 0.5) is 5.69 Å². The van der Waals surface area contributed by atoms with Gasteiger partial charge in [-0.3, -0.25) is 4.79 Å². The van der Waals surface area contributed by atoms with Crippen molar-refractivity contribution in [3.63, 3.8) is 0 Å². The maximum Gasteiger partial charge on any atom is 0.343 e. The van der Waals surface area contributed by atoms with Crippen molar-refractivity contribution in [1.29, 1.82) is 5.26 Å². The van der Waals surface area contributed by atoms with Gasteiger partial charge in [-0.1, -0.05) is 84.4 Å². The Labute approximate surface area is 264 Å². The summed E-state index contributed by atoms with van der Waals surface area (Å²) in [5.74, 6) is -0.812. The highest BCUT2D eigenvalue weighted by molar-refractivity contribution is 6.30. The molecule has 8 heteroatoms. The number of amides is 1. The molecule has 1 N–H and O–H groups in total. The lowest BCUT2D eigenvalue weighted by atomic mass is 10.0. The van der Waals surface area contributed by atoms with Gasteiger partial charge < -0.3 is 10.1 Å². The second-order valence-corrected chi connectivity index (χ2v) is 10.4. The van der Waals surface area contributed by atoms with Gasteiger partial charge in [-0.05, 0) is 66.2 Å². The number of nitrogens with zero attached hydrogens (tertiary/aromatic N) is 3. The molecule has 0 aliphatic carbocycles. The first kappa shape index (κ1) is 29.0. The first-order chi connectivity index (χ1) is 22.0. The fourth-order valence-electron chi connectivity index (χ4n) is 4.62. The van der Waals surface area contributed by atoms with Gasteiger partial charge in [0.05, 0.1) is 28.0 Å². The van der Waals surface area contributed by atoms with Gasteiger partial charge in [-0.15, -0.1) is 0 Å². The van der Waals surface area contributed by atoms with Gasteiger partial charge >= 0.3 is 5.97 Å². The summed E-state index contributed by atoms with van der Waals surface area (Å²) < 4.78 is 5.62. The van der Waals surface area contributed by atoms with Gasteiger partial charge in [-0.2, -0.15) is 5.26 Å². The molecule has 0 fully saturated rings. The Morgan fingerprint density at radius 2 is 1.33 bits per heavy atom. The monoisotopic (exact) mass is 606 g/mol. The van der Waals surface area contributed by atoms with Crippen LogP contribution < -0.4 is 10.1 Å². The number of aromatic nitrogens is 2. The quantitative estimate of drug-likeness (QED) is 0.0847. The molecule has 45 heavy (non-hydrogen) atoms. The zero-order valence-electron chi connectivity index (χ0n) is 23.6. The molecule has 0 saturated heterocycles. The minimum atomic E-state index is -0.560. The molecule has 5 aromatic carbocycles. The number of hydrogen-bond donors (Lipinski definition) is 1. The Morgan fingerprint density at radius 3 is 1.93 bits per heavy atom. The van der Waals surface area contributed by atoms with Crippen LogP contribution in [0, 0.1) is 11.3 Å².